The zero-order chi connectivity index (χ0) is 28.7. The molecule has 0 aliphatic carbocycles. The van der Waals surface area contributed by atoms with Gasteiger partial charge >= 0.3 is 6.18 Å². The minimum Gasteiger partial charge on any atom is -0.382 e. The van der Waals surface area contributed by atoms with Crippen LogP contribution in [0, 0.1) is 4.91 Å². The van der Waals surface area contributed by atoms with E-state index in [1.807, 2.05) is 4.57 Å². The number of aromatic nitrogens is 2. The van der Waals surface area contributed by atoms with Crippen LogP contribution in [0.4, 0.5) is 24.5 Å². The van der Waals surface area contributed by atoms with E-state index in [2.05, 4.69) is 15.6 Å². The Morgan fingerprint density at radius 2 is 1.88 bits per heavy atom. The number of halogens is 4. The van der Waals surface area contributed by atoms with Crippen LogP contribution >= 0.6 is 11.6 Å². The van der Waals surface area contributed by atoms with Gasteiger partial charge in [0.05, 0.1) is 52.4 Å². The molecule has 9 nitrogen and oxygen atoms in total. The molecule has 0 unspecified atom stereocenters. The number of carbonyl (C=O) groups is 1. The molecular weight excluding hydrogens is 551 g/mol. The summed E-state index contributed by atoms with van der Waals surface area (Å²) in [4.78, 5) is 29.5. The van der Waals surface area contributed by atoms with Gasteiger partial charge in [0.25, 0.3) is 18.3 Å². The number of alkyl halides is 3. The monoisotopic (exact) mass is 576 g/mol. The van der Waals surface area contributed by atoms with E-state index in [-0.39, 0.29) is 18.3 Å². The third kappa shape index (κ3) is 6.95. The highest BCUT2D eigenvalue weighted by atomic mass is 35.5. The number of fused-ring (bicyclic) bond motifs is 1. The van der Waals surface area contributed by atoms with Crippen LogP contribution in [0.15, 0.2) is 67.1 Å². The summed E-state index contributed by atoms with van der Waals surface area (Å²) in [7, 11) is 1.58. The molecule has 4 aromatic rings. The van der Waals surface area contributed by atoms with Crippen molar-refractivity contribution in [3.05, 3.63) is 88.2 Å². The van der Waals surface area contributed by atoms with E-state index >= 15 is 0 Å². The maximum atomic E-state index is 13.1. The normalized spacial score (nSPS) is 11.5. The Kier molecular flexibility index (Phi) is 9.35. The van der Waals surface area contributed by atoms with E-state index in [1.165, 1.54) is 6.07 Å². The lowest BCUT2D eigenvalue weighted by Gasteiger charge is -2.09. The molecule has 0 saturated heterocycles. The van der Waals surface area contributed by atoms with Crippen molar-refractivity contribution in [2.45, 2.75) is 6.18 Å². The Hall–Kier alpha value is -4.00. The molecule has 0 bridgehead atoms. The van der Waals surface area contributed by atoms with E-state index in [0.717, 1.165) is 22.7 Å². The summed E-state index contributed by atoms with van der Waals surface area (Å²) in [6.07, 6.45) is 0.308. The van der Waals surface area contributed by atoms with Crippen LogP contribution in [0.1, 0.15) is 15.9 Å². The number of benzene rings is 2. The highest BCUT2D eigenvalue weighted by molar-refractivity contribution is 6.31. The van der Waals surface area contributed by atoms with Crippen molar-refractivity contribution < 1.29 is 32.2 Å². The predicted octanol–water partition coefficient (Wildman–Crippen LogP) is 5.57. The van der Waals surface area contributed by atoms with E-state index < -0.39 is 16.8 Å². The Bertz CT molecular complexity index is 1490. The number of pyridine rings is 1. The van der Waals surface area contributed by atoms with Crippen molar-refractivity contribution in [1.82, 2.24) is 14.9 Å². The number of carbonyl (C=O) groups excluding carboxylic acids is 1. The molecule has 0 atom stereocenters. The van der Waals surface area contributed by atoms with Crippen LogP contribution in [0.2, 0.25) is 5.02 Å². The van der Waals surface area contributed by atoms with Gasteiger partial charge in [-0.1, -0.05) is 11.6 Å². The molecule has 210 valence electrons. The third-order valence-electron chi connectivity index (χ3n) is 5.93. The molecule has 2 aromatic carbocycles. The molecular formula is C27H26ClF3N5O4+. The fraction of sp³-hybridized carbons (Fsp3) is 0.259. The summed E-state index contributed by atoms with van der Waals surface area (Å²) in [6, 6.07) is 11.7. The summed E-state index contributed by atoms with van der Waals surface area (Å²) in [6.45, 7) is 1.31. The van der Waals surface area contributed by atoms with E-state index in [0.29, 0.717) is 48.4 Å². The van der Waals surface area contributed by atoms with Crippen LogP contribution in [0.3, 0.4) is 0 Å². The van der Waals surface area contributed by atoms with Gasteiger partial charge in [-0.15, -0.1) is 0 Å². The minimum absolute atomic E-state index is 0.181. The molecule has 1 amide bonds. The summed E-state index contributed by atoms with van der Waals surface area (Å²) in [5.41, 5.74) is 1.24. The molecule has 2 aromatic heterocycles. The van der Waals surface area contributed by atoms with Gasteiger partial charge in [0, 0.05) is 59.8 Å². The van der Waals surface area contributed by atoms with Crippen molar-refractivity contribution in [1.29, 1.82) is 0 Å². The van der Waals surface area contributed by atoms with Crippen molar-refractivity contribution in [2.24, 2.45) is 0 Å². The maximum Gasteiger partial charge on any atom is 0.418 e. The number of ether oxygens (including phenoxy) is 2. The van der Waals surface area contributed by atoms with Crippen molar-refractivity contribution in [2.75, 3.05) is 45.5 Å². The first kappa shape index (κ1) is 29.0. The maximum absolute atomic E-state index is 13.1. The molecule has 2 N–H and O–H groups in total. The Morgan fingerprint density at radius 1 is 1.10 bits per heavy atom. The SMILES string of the molecule is COCCOCCNC(=O)c1cn(-c2ccc(NC[N+](=O)c3ccc(Cl)c(C(F)(F)F)c3)cc2)c2cnccc12. The second-order valence-corrected chi connectivity index (χ2v) is 9.00. The summed E-state index contributed by atoms with van der Waals surface area (Å²) >= 11 is 5.63. The number of methoxy groups -OCH3 is 1. The van der Waals surface area contributed by atoms with Crippen LogP contribution < -0.4 is 10.6 Å². The smallest absolute Gasteiger partial charge is 0.382 e. The summed E-state index contributed by atoms with van der Waals surface area (Å²) < 4.78 is 51.9. The van der Waals surface area contributed by atoms with Crippen molar-refractivity contribution in [3.63, 3.8) is 0 Å². The van der Waals surface area contributed by atoms with E-state index in [4.69, 9.17) is 21.1 Å². The fourth-order valence-electron chi connectivity index (χ4n) is 3.92. The first-order valence-electron chi connectivity index (χ1n) is 12.1. The quantitative estimate of drug-likeness (QED) is 0.130. The van der Waals surface area contributed by atoms with Crippen LogP contribution in [0.5, 0.6) is 0 Å². The third-order valence-corrected chi connectivity index (χ3v) is 6.26. The van der Waals surface area contributed by atoms with E-state index in [9.17, 15) is 22.9 Å². The number of amides is 1. The number of nitroso groups, excluding NO2 is 1. The van der Waals surface area contributed by atoms with Gasteiger partial charge < -0.3 is 24.7 Å². The predicted molar refractivity (Wildman–Crippen MR) is 144 cm³/mol. The first-order chi connectivity index (χ1) is 19.2. The van der Waals surface area contributed by atoms with Gasteiger partial charge in [-0.25, -0.2) is 0 Å². The molecule has 13 heteroatoms. The van der Waals surface area contributed by atoms with Gasteiger partial charge in [-0.3, -0.25) is 9.78 Å². The zero-order valence-electron chi connectivity index (χ0n) is 21.4. The van der Waals surface area contributed by atoms with Crippen LogP contribution in [-0.4, -0.2) is 60.4 Å². The Labute approximate surface area is 232 Å². The molecule has 40 heavy (non-hydrogen) atoms. The molecule has 0 aliphatic heterocycles. The summed E-state index contributed by atoms with van der Waals surface area (Å²) in [5.74, 6) is -0.255. The summed E-state index contributed by atoms with van der Waals surface area (Å²) in [5, 5.41) is 5.98. The molecule has 2 heterocycles. The molecule has 4 rings (SSSR count). The molecule has 0 radical (unpaired) electrons. The fourth-order valence-corrected chi connectivity index (χ4v) is 4.15. The number of nitrogens with one attached hydrogen (secondary N) is 2. The number of anilines is 1. The molecule has 0 fully saturated rings. The number of hydrogen-bond acceptors (Lipinski definition) is 6. The topological polar surface area (TPSA) is 97.5 Å². The molecule has 0 saturated carbocycles. The van der Waals surface area contributed by atoms with Gasteiger partial charge in [0.2, 0.25) is 0 Å². The lowest BCUT2D eigenvalue weighted by Crippen LogP contribution is -2.27. The number of hydrogen-bond donors (Lipinski definition) is 2. The first-order valence-corrected chi connectivity index (χ1v) is 12.5. The lowest BCUT2D eigenvalue weighted by molar-refractivity contribution is -0.456. The number of rotatable bonds is 12. The number of nitrogens with zero attached hydrogens (tertiary/aromatic N) is 3. The highest BCUT2D eigenvalue weighted by Gasteiger charge is 2.35. The highest BCUT2D eigenvalue weighted by Crippen LogP contribution is 2.36. The van der Waals surface area contributed by atoms with Gasteiger partial charge in [0.15, 0.2) is 0 Å². The average molecular weight is 577 g/mol. The molecule has 0 spiro atoms. The van der Waals surface area contributed by atoms with Crippen molar-refractivity contribution >= 4 is 39.8 Å². The average Bonchev–Trinajstić information content (AvgIpc) is 3.33. The second kappa shape index (κ2) is 12.9. The van der Waals surface area contributed by atoms with Gasteiger partial charge in [0.1, 0.15) is 0 Å². The van der Waals surface area contributed by atoms with Crippen LogP contribution in [0.25, 0.3) is 16.6 Å². The van der Waals surface area contributed by atoms with Gasteiger partial charge in [-0.2, -0.15) is 13.2 Å². The minimum atomic E-state index is -4.67. The Balaban J connectivity index is 1.43. The van der Waals surface area contributed by atoms with E-state index in [1.54, 1.807) is 56.0 Å². The standard InChI is InChI=1S/C27H25ClF3N5O4/c1-39-12-13-40-11-10-33-26(37)22-16-35(25-15-32-9-8-21(22)25)19-4-2-18(3-5-19)34-17-36(38)20-6-7-24(28)23(14-20)27(29,30)31/h2-9,14-16,34H,10-13,17H2,1H3/p+1. The van der Waals surface area contributed by atoms with Crippen LogP contribution in [-0.2, 0) is 15.7 Å². The Morgan fingerprint density at radius 3 is 2.60 bits per heavy atom. The van der Waals surface area contributed by atoms with Gasteiger partial charge in [-0.05, 0) is 36.4 Å². The zero-order valence-corrected chi connectivity index (χ0v) is 22.1. The second-order valence-electron chi connectivity index (χ2n) is 8.59. The molecule has 0 aliphatic rings. The van der Waals surface area contributed by atoms with Crippen molar-refractivity contribution in [3.8, 4) is 5.69 Å². The largest absolute Gasteiger partial charge is 0.418 e. The lowest BCUT2D eigenvalue weighted by atomic mass is 10.2.